The van der Waals surface area contributed by atoms with Gasteiger partial charge in [0.05, 0.1) is 6.61 Å². The standard InChI is InChI=1S/C11H13F2NO4/c1-14-5-7(4-8(14)11(16)17)9(15)2-3-18-6-10(12)13/h4-5,10H,2-3,6H2,1H3,(H,16,17). The molecule has 1 N–H and O–H groups in total. The third-order valence-electron chi connectivity index (χ3n) is 2.26. The van der Waals surface area contributed by atoms with Crippen molar-refractivity contribution in [3.63, 3.8) is 0 Å². The van der Waals surface area contributed by atoms with E-state index in [4.69, 9.17) is 5.11 Å². The summed E-state index contributed by atoms with van der Waals surface area (Å²) < 4.78 is 29.4. The summed E-state index contributed by atoms with van der Waals surface area (Å²) in [6.07, 6.45) is -1.23. The van der Waals surface area contributed by atoms with Gasteiger partial charge in [0.15, 0.2) is 5.78 Å². The summed E-state index contributed by atoms with van der Waals surface area (Å²) in [7, 11) is 1.51. The molecule has 100 valence electrons. The lowest BCUT2D eigenvalue weighted by Gasteiger charge is -2.01. The van der Waals surface area contributed by atoms with Crippen LogP contribution < -0.4 is 0 Å². The highest BCUT2D eigenvalue weighted by molar-refractivity contribution is 5.98. The molecular weight excluding hydrogens is 248 g/mol. The Morgan fingerprint density at radius 2 is 2.17 bits per heavy atom. The highest BCUT2D eigenvalue weighted by atomic mass is 19.3. The number of halogens is 2. The number of ketones is 1. The van der Waals surface area contributed by atoms with Gasteiger partial charge in [-0.3, -0.25) is 4.79 Å². The first-order valence-corrected chi connectivity index (χ1v) is 5.20. The number of Topliss-reactive ketones (excluding diaryl/α,β-unsaturated/α-hetero) is 1. The van der Waals surface area contributed by atoms with Crippen molar-refractivity contribution >= 4 is 11.8 Å². The van der Waals surface area contributed by atoms with Crippen LogP contribution >= 0.6 is 0 Å². The lowest BCUT2D eigenvalue weighted by atomic mass is 10.1. The molecule has 1 aromatic rings. The molecule has 0 fully saturated rings. The fraction of sp³-hybridized carbons (Fsp3) is 0.455. The molecule has 0 amide bonds. The van der Waals surface area contributed by atoms with Gasteiger partial charge in [0, 0.05) is 25.2 Å². The SMILES string of the molecule is Cn1cc(C(=O)CCOCC(F)F)cc1C(=O)O. The Balaban J connectivity index is 2.52. The molecule has 1 rings (SSSR count). The van der Waals surface area contributed by atoms with Gasteiger partial charge in [-0.2, -0.15) is 0 Å². The minimum absolute atomic E-state index is 0.00755. The smallest absolute Gasteiger partial charge is 0.352 e. The zero-order valence-corrected chi connectivity index (χ0v) is 9.73. The number of aromatic carboxylic acids is 1. The molecule has 5 nitrogen and oxygen atoms in total. The number of aromatic nitrogens is 1. The number of rotatable bonds is 7. The summed E-state index contributed by atoms with van der Waals surface area (Å²) in [5.74, 6) is -1.47. The number of carbonyl (C=O) groups excluding carboxylic acids is 1. The quantitative estimate of drug-likeness (QED) is 0.597. The molecule has 0 aliphatic heterocycles. The fourth-order valence-electron chi connectivity index (χ4n) is 1.41. The number of carboxylic acid groups (broad SMARTS) is 1. The van der Waals surface area contributed by atoms with Gasteiger partial charge in [-0.15, -0.1) is 0 Å². The number of hydrogen-bond acceptors (Lipinski definition) is 3. The largest absolute Gasteiger partial charge is 0.477 e. The molecule has 0 spiro atoms. The second-order valence-corrected chi connectivity index (χ2v) is 3.67. The van der Waals surface area contributed by atoms with Crippen LogP contribution in [0.5, 0.6) is 0 Å². The third-order valence-corrected chi connectivity index (χ3v) is 2.26. The number of nitrogens with zero attached hydrogens (tertiary/aromatic N) is 1. The number of aryl methyl sites for hydroxylation is 1. The van der Waals surface area contributed by atoms with Crippen LogP contribution in [0.25, 0.3) is 0 Å². The van der Waals surface area contributed by atoms with Crippen molar-refractivity contribution in [3.05, 3.63) is 23.5 Å². The van der Waals surface area contributed by atoms with E-state index in [1.807, 2.05) is 0 Å². The molecule has 18 heavy (non-hydrogen) atoms. The molecule has 1 heterocycles. The molecule has 0 bridgehead atoms. The van der Waals surface area contributed by atoms with Crippen molar-refractivity contribution in [2.75, 3.05) is 13.2 Å². The van der Waals surface area contributed by atoms with Gasteiger partial charge in [-0.1, -0.05) is 0 Å². The van der Waals surface area contributed by atoms with Crippen LogP contribution in [-0.4, -0.2) is 41.1 Å². The Morgan fingerprint density at radius 3 is 2.67 bits per heavy atom. The molecule has 1 aromatic heterocycles. The monoisotopic (exact) mass is 261 g/mol. The molecule has 0 aromatic carbocycles. The van der Waals surface area contributed by atoms with Crippen molar-refractivity contribution in [1.82, 2.24) is 4.57 Å². The van der Waals surface area contributed by atoms with E-state index in [9.17, 15) is 18.4 Å². The Morgan fingerprint density at radius 1 is 1.50 bits per heavy atom. The van der Waals surface area contributed by atoms with E-state index in [0.717, 1.165) is 0 Å². The number of alkyl halides is 2. The second kappa shape index (κ2) is 6.25. The molecule has 0 saturated carbocycles. The molecule has 7 heteroatoms. The molecular formula is C11H13F2NO4. The zero-order chi connectivity index (χ0) is 13.7. The molecule has 0 aliphatic rings. The van der Waals surface area contributed by atoms with Gasteiger partial charge in [0.25, 0.3) is 6.43 Å². The maximum absolute atomic E-state index is 11.7. The van der Waals surface area contributed by atoms with Gasteiger partial charge in [0.2, 0.25) is 0 Å². The highest BCUT2D eigenvalue weighted by Crippen LogP contribution is 2.10. The van der Waals surface area contributed by atoms with Crippen molar-refractivity contribution in [1.29, 1.82) is 0 Å². The Labute approximate surface area is 102 Å². The Bertz CT molecular complexity index is 442. The van der Waals surface area contributed by atoms with E-state index in [-0.39, 0.29) is 30.1 Å². The first kappa shape index (κ1) is 14.3. The summed E-state index contributed by atoms with van der Waals surface area (Å²) >= 11 is 0. The number of carboxylic acids is 1. The molecule has 0 aliphatic carbocycles. The lowest BCUT2D eigenvalue weighted by molar-refractivity contribution is 0.0170. The highest BCUT2D eigenvalue weighted by Gasteiger charge is 2.14. The minimum atomic E-state index is -2.56. The number of ether oxygens (including phenoxy) is 1. The van der Waals surface area contributed by atoms with E-state index in [1.54, 1.807) is 0 Å². The van der Waals surface area contributed by atoms with E-state index in [2.05, 4.69) is 4.74 Å². The summed E-state index contributed by atoms with van der Waals surface area (Å²) in [5, 5.41) is 8.80. The van der Waals surface area contributed by atoms with E-state index in [0.29, 0.717) is 0 Å². The summed E-state index contributed by atoms with van der Waals surface area (Å²) in [4.78, 5) is 22.4. The summed E-state index contributed by atoms with van der Waals surface area (Å²) in [6.45, 7) is -0.817. The van der Waals surface area contributed by atoms with E-state index >= 15 is 0 Å². The average Bonchev–Trinajstić information content (AvgIpc) is 2.66. The second-order valence-electron chi connectivity index (χ2n) is 3.67. The zero-order valence-electron chi connectivity index (χ0n) is 9.73. The van der Waals surface area contributed by atoms with Crippen LogP contribution in [0.2, 0.25) is 0 Å². The van der Waals surface area contributed by atoms with Crippen molar-refractivity contribution in [3.8, 4) is 0 Å². The maximum Gasteiger partial charge on any atom is 0.352 e. The van der Waals surface area contributed by atoms with Gasteiger partial charge < -0.3 is 14.4 Å². The maximum atomic E-state index is 11.7. The summed E-state index contributed by atoms with van der Waals surface area (Å²) in [6, 6.07) is 1.25. The van der Waals surface area contributed by atoms with Gasteiger partial charge in [-0.05, 0) is 6.07 Å². The number of carbonyl (C=O) groups is 2. The Hall–Kier alpha value is -1.76. The van der Waals surface area contributed by atoms with E-state index in [1.165, 1.54) is 23.9 Å². The Kier molecular flexibility index (Phi) is 4.96. The molecule has 0 radical (unpaired) electrons. The minimum Gasteiger partial charge on any atom is -0.477 e. The van der Waals surface area contributed by atoms with Crippen molar-refractivity contribution < 1.29 is 28.2 Å². The fourth-order valence-corrected chi connectivity index (χ4v) is 1.41. The van der Waals surface area contributed by atoms with Crippen LogP contribution in [0.15, 0.2) is 12.3 Å². The first-order chi connectivity index (χ1) is 8.41. The van der Waals surface area contributed by atoms with Crippen LogP contribution in [0.3, 0.4) is 0 Å². The molecule has 0 saturated heterocycles. The predicted molar refractivity (Wildman–Crippen MR) is 58.1 cm³/mol. The average molecular weight is 261 g/mol. The topological polar surface area (TPSA) is 68.5 Å². The van der Waals surface area contributed by atoms with Crippen molar-refractivity contribution in [2.24, 2.45) is 7.05 Å². The lowest BCUT2D eigenvalue weighted by Crippen LogP contribution is -2.09. The third kappa shape index (κ3) is 3.92. The molecule has 0 unspecified atom stereocenters. The van der Waals surface area contributed by atoms with Crippen molar-refractivity contribution in [2.45, 2.75) is 12.8 Å². The van der Waals surface area contributed by atoms with Gasteiger partial charge >= 0.3 is 5.97 Å². The summed E-state index contributed by atoms with van der Waals surface area (Å²) in [5.41, 5.74) is 0.224. The van der Waals surface area contributed by atoms with Crippen LogP contribution in [0.4, 0.5) is 8.78 Å². The van der Waals surface area contributed by atoms with Gasteiger partial charge in [0.1, 0.15) is 12.3 Å². The first-order valence-electron chi connectivity index (χ1n) is 5.20. The van der Waals surface area contributed by atoms with Crippen LogP contribution in [0, 0.1) is 0 Å². The van der Waals surface area contributed by atoms with Crippen LogP contribution in [-0.2, 0) is 11.8 Å². The predicted octanol–water partition coefficient (Wildman–Crippen LogP) is 1.58. The molecule has 0 atom stereocenters. The van der Waals surface area contributed by atoms with E-state index < -0.39 is 19.0 Å². The normalized spacial score (nSPS) is 10.9. The number of hydrogen-bond donors (Lipinski definition) is 1. The van der Waals surface area contributed by atoms with Gasteiger partial charge in [-0.25, -0.2) is 13.6 Å². The van der Waals surface area contributed by atoms with Crippen LogP contribution in [0.1, 0.15) is 27.3 Å².